The summed E-state index contributed by atoms with van der Waals surface area (Å²) in [5, 5.41) is 3.41. The van der Waals surface area contributed by atoms with Gasteiger partial charge in [0.05, 0.1) is 19.8 Å². The van der Waals surface area contributed by atoms with E-state index >= 15 is 0 Å². The van der Waals surface area contributed by atoms with Crippen molar-refractivity contribution in [1.82, 2.24) is 5.32 Å². The fraction of sp³-hybridized carbons (Fsp3) is 0.846. The lowest BCUT2D eigenvalue weighted by atomic mass is 10.2. The molecule has 0 spiro atoms. The topological polar surface area (TPSA) is 30.5 Å². The third-order valence-corrected chi connectivity index (χ3v) is 2.35. The van der Waals surface area contributed by atoms with Crippen LogP contribution in [-0.4, -0.2) is 39.0 Å². The van der Waals surface area contributed by atoms with Gasteiger partial charge in [0.15, 0.2) is 0 Å². The molecule has 0 aliphatic heterocycles. The fourth-order valence-electron chi connectivity index (χ4n) is 1.28. The van der Waals surface area contributed by atoms with E-state index in [1.807, 2.05) is 0 Å². The molecule has 1 N–H and O–H groups in total. The van der Waals surface area contributed by atoms with E-state index in [-0.39, 0.29) is 0 Å². The standard InChI is InChI=1S/C13H25NO2/c1-11(2)9-15-6-7-16-10-12(3)8-14-13-4-5-13/h11,13-14H,3-10H2,1-2H3. The van der Waals surface area contributed by atoms with E-state index in [2.05, 4.69) is 25.7 Å². The molecule has 1 aliphatic rings. The van der Waals surface area contributed by atoms with Gasteiger partial charge in [0.2, 0.25) is 0 Å². The number of nitrogens with one attached hydrogen (secondary N) is 1. The third kappa shape index (κ3) is 7.85. The maximum Gasteiger partial charge on any atom is 0.0704 e. The minimum absolute atomic E-state index is 0.595. The van der Waals surface area contributed by atoms with Gasteiger partial charge in [0.1, 0.15) is 0 Å². The molecule has 0 bridgehead atoms. The van der Waals surface area contributed by atoms with E-state index in [1.165, 1.54) is 12.8 Å². The monoisotopic (exact) mass is 227 g/mol. The first-order chi connectivity index (χ1) is 7.68. The van der Waals surface area contributed by atoms with Crippen molar-refractivity contribution in [3.8, 4) is 0 Å². The van der Waals surface area contributed by atoms with Crippen molar-refractivity contribution in [2.45, 2.75) is 32.7 Å². The summed E-state index contributed by atoms with van der Waals surface area (Å²) in [5.41, 5.74) is 1.12. The lowest BCUT2D eigenvalue weighted by molar-refractivity contribution is 0.0448. The molecule has 3 nitrogen and oxygen atoms in total. The van der Waals surface area contributed by atoms with Crippen LogP contribution < -0.4 is 5.32 Å². The van der Waals surface area contributed by atoms with Crippen LogP contribution in [0.25, 0.3) is 0 Å². The molecule has 0 amide bonds. The summed E-state index contributed by atoms with van der Waals surface area (Å²) in [6.07, 6.45) is 2.63. The second-order valence-corrected chi connectivity index (χ2v) is 4.93. The van der Waals surface area contributed by atoms with Gasteiger partial charge in [-0.25, -0.2) is 0 Å². The minimum Gasteiger partial charge on any atom is -0.379 e. The number of hydrogen-bond donors (Lipinski definition) is 1. The SMILES string of the molecule is C=C(CNC1CC1)COCCOCC(C)C. The molecule has 16 heavy (non-hydrogen) atoms. The summed E-state index contributed by atoms with van der Waals surface area (Å²) in [6.45, 7) is 11.9. The van der Waals surface area contributed by atoms with Crippen molar-refractivity contribution in [2.24, 2.45) is 5.92 Å². The zero-order valence-corrected chi connectivity index (χ0v) is 10.6. The van der Waals surface area contributed by atoms with Crippen LogP contribution in [0.15, 0.2) is 12.2 Å². The molecular formula is C13H25NO2. The second-order valence-electron chi connectivity index (χ2n) is 4.93. The maximum atomic E-state index is 5.47. The van der Waals surface area contributed by atoms with Crippen molar-refractivity contribution < 1.29 is 9.47 Å². The van der Waals surface area contributed by atoms with Crippen molar-refractivity contribution in [1.29, 1.82) is 0 Å². The van der Waals surface area contributed by atoms with Gasteiger partial charge in [-0.05, 0) is 24.3 Å². The summed E-state index contributed by atoms with van der Waals surface area (Å²) >= 11 is 0. The molecule has 0 atom stereocenters. The Hall–Kier alpha value is -0.380. The van der Waals surface area contributed by atoms with E-state index in [1.54, 1.807) is 0 Å². The molecule has 94 valence electrons. The lowest BCUT2D eigenvalue weighted by Gasteiger charge is -2.09. The molecule has 3 heteroatoms. The Morgan fingerprint density at radius 2 is 2.00 bits per heavy atom. The first kappa shape index (κ1) is 13.7. The highest BCUT2D eigenvalue weighted by Crippen LogP contribution is 2.18. The van der Waals surface area contributed by atoms with Gasteiger partial charge in [-0.3, -0.25) is 0 Å². The highest BCUT2D eigenvalue weighted by molar-refractivity contribution is 4.99. The van der Waals surface area contributed by atoms with Gasteiger partial charge >= 0.3 is 0 Å². The molecule has 1 aliphatic carbocycles. The summed E-state index contributed by atoms with van der Waals surface area (Å²) in [5.74, 6) is 0.595. The smallest absolute Gasteiger partial charge is 0.0704 e. The highest BCUT2D eigenvalue weighted by Gasteiger charge is 2.19. The van der Waals surface area contributed by atoms with Crippen LogP contribution in [0.3, 0.4) is 0 Å². The van der Waals surface area contributed by atoms with Crippen molar-refractivity contribution in [2.75, 3.05) is 33.0 Å². The quantitative estimate of drug-likeness (QED) is 0.457. The van der Waals surface area contributed by atoms with Crippen LogP contribution in [0.4, 0.5) is 0 Å². The third-order valence-electron chi connectivity index (χ3n) is 2.35. The Kier molecular flexibility index (Phi) is 6.69. The van der Waals surface area contributed by atoms with E-state index in [9.17, 15) is 0 Å². The minimum atomic E-state index is 0.595. The molecule has 1 saturated carbocycles. The second kappa shape index (κ2) is 7.82. The number of hydrogen-bond acceptors (Lipinski definition) is 3. The van der Waals surface area contributed by atoms with Crippen LogP contribution in [0, 0.1) is 5.92 Å². The first-order valence-electron chi connectivity index (χ1n) is 6.24. The van der Waals surface area contributed by atoms with Crippen LogP contribution >= 0.6 is 0 Å². The van der Waals surface area contributed by atoms with E-state index in [0.717, 1.165) is 24.8 Å². The molecule has 0 saturated heterocycles. The van der Waals surface area contributed by atoms with Crippen LogP contribution in [0.2, 0.25) is 0 Å². The van der Waals surface area contributed by atoms with Crippen molar-refractivity contribution >= 4 is 0 Å². The van der Waals surface area contributed by atoms with Gasteiger partial charge < -0.3 is 14.8 Å². The summed E-state index contributed by atoms with van der Waals surface area (Å²) < 4.78 is 10.9. The Balaban J connectivity index is 1.80. The largest absolute Gasteiger partial charge is 0.379 e. The fourth-order valence-corrected chi connectivity index (χ4v) is 1.28. The van der Waals surface area contributed by atoms with Crippen molar-refractivity contribution in [3.05, 3.63) is 12.2 Å². The first-order valence-corrected chi connectivity index (χ1v) is 6.24. The molecule has 0 aromatic heterocycles. The molecule has 1 fully saturated rings. The molecule has 0 radical (unpaired) electrons. The van der Waals surface area contributed by atoms with Crippen LogP contribution in [0.1, 0.15) is 26.7 Å². The molecule has 0 unspecified atom stereocenters. The highest BCUT2D eigenvalue weighted by atomic mass is 16.5. The van der Waals surface area contributed by atoms with Crippen LogP contribution in [-0.2, 0) is 9.47 Å². The molecule has 0 heterocycles. The predicted octanol–water partition coefficient (Wildman–Crippen LogP) is 1.98. The molecule has 0 aromatic rings. The molecule has 0 aromatic carbocycles. The Labute approximate surface area is 99.2 Å². The van der Waals surface area contributed by atoms with Gasteiger partial charge in [-0.2, -0.15) is 0 Å². The predicted molar refractivity (Wildman–Crippen MR) is 66.6 cm³/mol. The maximum absolute atomic E-state index is 5.47. The zero-order chi connectivity index (χ0) is 11.8. The van der Waals surface area contributed by atoms with Gasteiger partial charge in [0, 0.05) is 19.2 Å². The Bertz CT molecular complexity index is 200. The van der Waals surface area contributed by atoms with E-state index < -0.39 is 0 Å². The average molecular weight is 227 g/mol. The van der Waals surface area contributed by atoms with Crippen molar-refractivity contribution in [3.63, 3.8) is 0 Å². The zero-order valence-electron chi connectivity index (χ0n) is 10.6. The molecular weight excluding hydrogens is 202 g/mol. The van der Waals surface area contributed by atoms with Gasteiger partial charge in [0.25, 0.3) is 0 Å². The Morgan fingerprint density at radius 3 is 2.62 bits per heavy atom. The number of rotatable bonds is 10. The summed E-state index contributed by atoms with van der Waals surface area (Å²) in [7, 11) is 0. The van der Waals surface area contributed by atoms with E-state index in [0.29, 0.717) is 25.7 Å². The van der Waals surface area contributed by atoms with Crippen LogP contribution in [0.5, 0.6) is 0 Å². The molecule has 1 rings (SSSR count). The van der Waals surface area contributed by atoms with E-state index in [4.69, 9.17) is 9.47 Å². The number of ether oxygens (including phenoxy) is 2. The Morgan fingerprint density at radius 1 is 1.31 bits per heavy atom. The van der Waals surface area contributed by atoms with Gasteiger partial charge in [-0.1, -0.05) is 20.4 Å². The average Bonchev–Trinajstić information content (AvgIpc) is 3.03. The summed E-state index contributed by atoms with van der Waals surface area (Å²) in [4.78, 5) is 0. The summed E-state index contributed by atoms with van der Waals surface area (Å²) in [6, 6.07) is 0.742. The van der Waals surface area contributed by atoms with Gasteiger partial charge in [-0.15, -0.1) is 0 Å². The normalized spacial score (nSPS) is 15.7. The lowest BCUT2D eigenvalue weighted by Crippen LogP contribution is -2.21.